The molecule has 8 heteroatoms. The average Bonchev–Trinajstić information content (AvgIpc) is 2.37. The Hall–Kier alpha value is -1.96. The van der Waals surface area contributed by atoms with E-state index in [9.17, 15) is 4.39 Å². The van der Waals surface area contributed by atoms with Crippen molar-refractivity contribution in [3.63, 3.8) is 0 Å². The van der Waals surface area contributed by atoms with Gasteiger partial charge in [-0.3, -0.25) is 0 Å². The first-order valence-corrected chi connectivity index (χ1v) is 6.58. The van der Waals surface area contributed by atoms with E-state index in [0.29, 0.717) is 17.0 Å². The fourth-order valence-electron chi connectivity index (χ4n) is 1.40. The largest absolute Gasteiger partial charge is 0.467 e. The Morgan fingerprint density at radius 1 is 1.20 bits per heavy atom. The molecule has 0 saturated carbocycles. The number of nitrogens with zero attached hydrogens (tertiary/aromatic N) is 3. The van der Waals surface area contributed by atoms with Gasteiger partial charge in [0.2, 0.25) is 5.95 Å². The molecular formula is C12H12BrFN4O2. The lowest BCUT2D eigenvalue weighted by Crippen LogP contribution is -2.06. The normalized spacial score (nSPS) is 10.2. The SMILES string of the molecule is CCNc1nc(OC)nc(Oc2cc(F)cc(Br)c2)n1. The van der Waals surface area contributed by atoms with Crippen molar-refractivity contribution in [1.29, 1.82) is 0 Å². The van der Waals surface area contributed by atoms with Crippen LogP contribution in [0.5, 0.6) is 17.8 Å². The van der Waals surface area contributed by atoms with Crippen LogP contribution in [-0.2, 0) is 0 Å². The molecule has 0 saturated heterocycles. The Morgan fingerprint density at radius 2 is 1.95 bits per heavy atom. The summed E-state index contributed by atoms with van der Waals surface area (Å²) in [6.45, 7) is 2.54. The second-order valence-electron chi connectivity index (χ2n) is 3.67. The number of ether oxygens (including phenoxy) is 2. The number of hydrogen-bond donors (Lipinski definition) is 1. The lowest BCUT2D eigenvalue weighted by molar-refractivity contribution is 0.359. The number of nitrogens with one attached hydrogen (secondary N) is 1. The molecule has 0 bridgehead atoms. The van der Waals surface area contributed by atoms with Gasteiger partial charge in [-0.2, -0.15) is 9.97 Å². The minimum atomic E-state index is -0.428. The lowest BCUT2D eigenvalue weighted by Gasteiger charge is -2.08. The van der Waals surface area contributed by atoms with Gasteiger partial charge in [-0.05, 0) is 19.1 Å². The van der Waals surface area contributed by atoms with Gasteiger partial charge in [-0.25, -0.2) is 4.39 Å². The maximum Gasteiger partial charge on any atom is 0.330 e. The molecule has 1 aromatic heterocycles. The molecule has 0 aliphatic rings. The summed E-state index contributed by atoms with van der Waals surface area (Å²) in [6.07, 6.45) is 0. The highest BCUT2D eigenvalue weighted by atomic mass is 79.9. The predicted molar refractivity (Wildman–Crippen MR) is 74.7 cm³/mol. The molecule has 2 rings (SSSR count). The van der Waals surface area contributed by atoms with Crippen LogP contribution in [0.15, 0.2) is 22.7 Å². The second-order valence-corrected chi connectivity index (χ2v) is 4.58. The van der Waals surface area contributed by atoms with E-state index in [1.807, 2.05) is 6.92 Å². The van der Waals surface area contributed by atoms with Crippen LogP contribution in [0.4, 0.5) is 10.3 Å². The zero-order valence-electron chi connectivity index (χ0n) is 10.9. The number of hydrogen-bond acceptors (Lipinski definition) is 6. The minimum absolute atomic E-state index is 0.0188. The van der Waals surface area contributed by atoms with Gasteiger partial charge in [0.25, 0.3) is 0 Å². The summed E-state index contributed by atoms with van der Waals surface area (Å²) in [5, 5.41) is 2.93. The first kappa shape index (κ1) is 14.4. The van der Waals surface area contributed by atoms with E-state index in [0.717, 1.165) is 0 Å². The highest BCUT2D eigenvalue weighted by molar-refractivity contribution is 9.10. The number of aromatic nitrogens is 3. The summed E-state index contributed by atoms with van der Waals surface area (Å²) in [7, 11) is 1.44. The van der Waals surface area contributed by atoms with Crippen molar-refractivity contribution in [3.05, 3.63) is 28.5 Å². The number of anilines is 1. The Bertz CT molecular complexity index is 592. The Balaban J connectivity index is 2.29. The van der Waals surface area contributed by atoms with Gasteiger partial charge in [0.1, 0.15) is 11.6 Å². The van der Waals surface area contributed by atoms with Gasteiger partial charge >= 0.3 is 12.0 Å². The maximum absolute atomic E-state index is 13.3. The molecule has 1 N–H and O–H groups in total. The molecule has 0 spiro atoms. The molecule has 0 amide bonds. The summed E-state index contributed by atoms with van der Waals surface area (Å²) in [5.74, 6) is 0.166. The molecule has 0 unspecified atom stereocenters. The van der Waals surface area contributed by atoms with Crippen LogP contribution in [0.1, 0.15) is 6.92 Å². The van der Waals surface area contributed by atoms with Crippen LogP contribution in [-0.4, -0.2) is 28.6 Å². The van der Waals surface area contributed by atoms with Crippen molar-refractivity contribution in [2.75, 3.05) is 19.0 Å². The molecule has 0 atom stereocenters. The highest BCUT2D eigenvalue weighted by Crippen LogP contribution is 2.25. The molecule has 1 heterocycles. The van der Waals surface area contributed by atoms with E-state index in [1.165, 1.54) is 19.2 Å². The van der Waals surface area contributed by atoms with Crippen LogP contribution >= 0.6 is 15.9 Å². The van der Waals surface area contributed by atoms with E-state index in [-0.39, 0.29) is 17.8 Å². The third kappa shape index (κ3) is 3.77. The summed E-state index contributed by atoms with van der Waals surface area (Å²) in [5.41, 5.74) is 0. The smallest absolute Gasteiger partial charge is 0.330 e. The number of methoxy groups -OCH3 is 1. The molecule has 6 nitrogen and oxygen atoms in total. The summed E-state index contributed by atoms with van der Waals surface area (Å²) >= 11 is 3.18. The first-order chi connectivity index (χ1) is 9.60. The zero-order chi connectivity index (χ0) is 14.5. The van der Waals surface area contributed by atoms with E-state index in [2.05, 4.69) is 36.2 Å². The second kappa shape index (κ2) is 6.47. The van der Waals surface area contributed by atoms with Crippen LogP contribution in [0.25, 0.3) is 0 Å². The molecule has 20 heavy (non-hydrogen) atoms. The topological polar surface area (TPSA) is 69.2 Å². The molecule has 0 aliphatic heterocycles. The Kier molecular flexibility index (Phi) is 4.67. The predicted octanol–water partition coefficient (Wildman–Crippen LogP) is 3.01. The minimum Gasteiger partial charge on any atom is -0.467 e. The fraction of sp³-hybridized carbons (Fsp3) is 0.250. The molecule has 2 aromatic rings. The standard InChI is InChI=1S/C12H12BrFN4O2/c1-3-15-10-16-11(19-2)18-12(17-10)20-9-5-7(13)4-8(14)6-9/h4-6H,3H2,1-2H3,(H,15,16,17,18). The van der Waals surface area contributed by atoms with E-state index in [1.54, 1.807) is 6.07 Å². The van der Waals surface area contributed by atoms with Crippen molar-refractivity contribution >= 4 is 21.9 Å². The molecular weight excluding hydrogens is 331 g/mol. The van der Waals surface area contributed by atoms with E-state index >= 15 is 0 Å². The molecule has 0 fully saturated rings. The van der Waals surface area contributed by atoms with Gasteiger partial charge < -0.3 is 14.8 Å². The third-order valence-corrected chi connectivity index (χ3v) is 2.61. The highest BCUT2D eigenvalue weighted by Gasteiger charge is 2.09. The van der Waals surface area contributed by atoms with Crippen molar-refractivity contribution in [1.82, 2.24) is 15.0 Å². The van der Waals surface area contributed by atoms with Gasteiger partial charge in [-0.1, -0.05) is 15.9 Å². The fourth-order valence-corrected chi connectivity index (χ4v) is 1.85. The Labute approximate surface area is 123 Å². The van der Waals surface area contributed by atoms with Gasteiger partial charge in [-0.15, -0.1) is 4.98 Å². The summed E-state index contributed by atoms with van der Waals surface area (Å²) in [6, 6.07) is 4.29. The lowest BCUT2D eigenvalue weighted by atomic mass is 10.3. The van der Waals surface area contributed by atoms with Crippen molar-refractivity contribution < 1.29 is 13.9 Å². The van der Waals surface area contributed by atoms with Crippen LogP contribution in [0, 0.1) is 5.82 Å². The number of benzene rings is 1. The summed E-state index contributed by atoms with van der Waals surface area (Å²) < 4.78 is 24.2. The quantitative estimate of drug-likeness (QED) is 0.900. The van der Waals surface area contributed by atoms with Gasteiger partial charge in [0.05, 0.1) is 7.11 Å². The average molecular weight is 343 g/mol. The first-order valence-electron chi connectivity index (χ1n) is 5.78. The van der Waals surface area contributed by atoms with Crippen molar-refractivity contribution in [2.45, 2.75) is 6.92 Å². The molecule has 1 aromatic carbocycles. The van der Waals surface area contributed by atoms with Gasteiger partial charge in [0, 0.05) is 17.1 Å². The maximum atomic E-state index is 13.3. The molecule has 0 radical (unpaired) electrons. The van der Waals surface area contributed by atoms with Crippen molar-refractivity contribution in [3.8, 4) is 17.8 Å². The molecule has 106 valence electrons. The summed E-state index contributed by atoms with van der Waals surface area (Å²) in [4.78, 5) is 12.0. The van der Waals surface area contributed by atoms with Gasteiger partial charge in [0.15, 0.2) is 0 Å². The monoisotopic (exact) mass is 342 g/mol. The van der Waals surface area contributed by atoms with Crippen LogP contribution in [0.2, 0.25) is 0 Å². The van der Waals surface area contributed by atoms with Crippen molar-refractivity contribution in [2.24, 2.45) is 0 Å². The van der Waals surface area contributed by atoms with E-state index in [4.69, 9.17) is 9.47 Å². The number of rotatable bonds is 5. The zero-order valence-corrected chi connectivity index (χ0v) is 12.4. The number of halogens is 2. The van der Waals surface area contributed by atoms with Crippen LogP contribution in [0.3, 0.4) is 0 Å². The third-order valence-electron chi connectivity index (χ3n) is 2.16. The van der Waals surface area contributed by atoms with Crippen LogP contribution < -0.4 is 14.8 Å². The molecule has 0 aliphatic carbocycles. The van der Waals surface area contributed by atoms with E-state index < -0.39 is 5.82 Å². The Morgan fingerprint density at radius 3 is 2.60 bits per heavy atom.